The van der Waals surface area contributed by atoms with Crippen LogP contribution in [0.25, 0.3) is 21.6 Å². The molecule has 4 rings (SSSR count). The molecule has 0 spiro atoms. The third-order valence-electron chi connectivity index (χ3n) is 5.10. The van der Waals surface area contributed by atoms with Crippen molar-refractivity contribution in [1.82, 2.24) is 19.9 Å². The first-order valence-electron chi connectivity index (χ1n) is 9.48. The second-order valence-corrected chi connectivity index (χ2v) is 8.63. The molecule has 7 heteroatoms. The number of likely N-dealkylation sites (tertiary alicyclic amines) is 1. The van der Waals surface area contributed by atoms with E-state index in [9.17, 15) is 4.79 Å². The maximum Gasteiger partial charge on any atom is 0.222 e. The lowest BCUT2D eigenvalue weighted by molar-refractivity contribution is -0.132. The number of fused-ring (bicyclic) bond motifs is 1. The third kappa shape index (κ3) is 3.56. The number of nitrogens with zero attached hydrogens (tertiary/aromatic N) is 3. The minimum atomic E-state index is 0.213. The minimum absolute atomic E-state index is 0.213. The van der Waals surface area contributed by atoms with Crippen molar-refractivity contribution in [2.45, 2.75) is 39.7 Å². The fourth-order valence-electron chi connectivity index (χ4n) is 3.89. The van der Waals surface area contributed by atoms with E-state index >= 15 is 0 Å². The van der Waals surface area contributed by atoms with Gasteiger partial charge in [0, 0.05) is 54.4 Å². The molecule has 3 aromatic rings. The molecule has 2 N–H and O–H groups in total. The van der Waals surface area contributed by atoms with Crippen LogP contribution in [0.4, 0.5) is 5.69 Å². The van der Waals surface area contributed by atoms with Gasteiger partial charge in [-0.15, -0.1) is 11.3 Å². The fourth-order valence-corrected chi connectivity index (χ4v) is 4.67. The summed E-state index contributed by atoms with van der Waals surface area (Å²) >= 11 is 1.67. The molecule has 0 radical (unpaired) electrons. The van der Waals surface area contributed by atoms with Crippen LogP contribution >= 0.6 is 11.3 Å². The molecule has 0 aromatic carbocycles. The van der Waals surface area contributed by atoms with Crippen molar-refractivity contribution in [2.75, 3.05) is 18.4 Å². The van der Waals surface area contributed by atoms with E-state index in [0.717, 1.165) is 46.8 Å². The van der Waals surface area contributed by atoms with E-state index in [2.05, 4.69) is 40.2 Å². The van der Waals surface area contributed by atoms with Crippen LogP contribution in [0.1, 0.15) is 31.6 Å². The van der Waals surface area contributed by atoms with Gasteiger partial charge in [0.15, 0.2) is 0 Å². The molecule has 1 amide bonds. The average Bonchev–Trinajstić information content (AvgIpc) is 3.29. The summed E-state index contributed by atoms with van der Waals surface area (Å²) in [6.07, 6.45) is 7.30. The Kier molecular flexibility index (Phi) is 4.86. The number of carbonyl (C=O) groups excluding carboxylic acids is 1. The number of amides is 1. The van der Waals surface area contributed by atoms with E-state index < -0.39 is 0 Å². The number of hydrogen-bond acceptors (Lipinski definition) is 5. The van der Waals surface area contributed by atoms with Gasteiger partial charge >= 0.3 is 0 Å². The van der Waals surface area contributed by atoms with Crippen LogP contribution in [0.3, 0.4) is 0 Å². The number of aromatic amines is 1. The van der Waals surface area contributed by atoms with Crippen LogP contribution in [-0.4, -0.2) is 44.9 Å². The Morgan fingerprint density at radius 2 is 2.22 bits per heavy atom. The van der Waals surface area contributed by atoms with Gasteiger partial charge in [0.25, 0.3) is 0 Å². The summed E-state index contributed by atoms with van der Waals surface area (Å²) in [5.74, 6) is 0.700. The Hall–Kier alpha value is -2.41. The van der Waals surface area contributed by atoms with Crippen molar-refractivity contribution in [3.8, 4) is 10.6 Å². The Balaban J connectivity index is 1.70. The van der Waals surface area contributed by atoms with Crippen LogP contribution in [0.15, 0.2) is 24.7 Å². The molecule has 0 saturated carbocycles. The van der Waals surface area contributed by atoms with Gasteiger partial charge in [-0.2, -0.15) is 0 Å². The van der Waals surface area contributed by atoms with E-state index in [0.29, 0.717) is 12.3 Å². The summed E-state index contributed by atoms with van der Waals surface area (Å²) < 4.78 is 0. The lowest BCUT2D eigenvalue weighted by atomic mass is 9.95. The molecule has 3 aromatic heterocycles. The van der Waals surface area contributed by atoms with Crippen LogP contribution in [0.2, 0.25) is 0 Å². The molecule has 1 aliphatic rings. The maximum absolute atomic E-state index is 12.2. The predicted molar refractivity (Wildman–Crippen MR) is 110 cm³/mol. The molecule has 0 aliphatic carbocycles. The normalized spacial score (nSPS) is 20.2. The van der Waals surface area contributed by atoms with Crippen molar-refractivity contribution in [1.29, 1.82) is 0 Å². The number of rotatable bonds is 4. The zero-order valence-electron chi connectivity index (χ0n) is 16.0. The molecule has 0 unspecified atom stereocenters. The molecule has 6 nitrogen and oxygen atoms in total. The number of carbonyl (C=O) groups is 1. The smallest absolute Gasteiger partial charge is 0.222 e. The molecule has 1 saturated heterocycles. The quantitative estimate of drug-likeness (QED) is 0.713. The Morgan fingerprint density at radius 3 is 2.96 bits per heavy atom. The van der Waals surface area contributed by atoms with Crippen molar-refractivity contribution in [3.63, 3.8) is 0 Å². The Morgan fingerprint density at radius 1 is 1.37 bits per heavy atom. The van der Waals surface area contributed by atoms with Crippen LogP contribution in [0.5, 0.6) is 0 Å². The Labute approximate surface area is 163 Å². The van der Waals surface area contributed by atoms with E-state index in [1.165, 1.54) is 4.88 Å². The number of aryl methyl sites for hydroxylation is 1. The second kappa shape index (κ2) is 7.31. The first-order chi connectivity index (χ1) is 13.0. The highest BCUT2D eigenvalue weighted by Crippen LogP contribution is 2.36. The maximum atomic E-state index is 12.2. The standard InChI is InChI=1S/C20H25N5OS/c1-4-17(26)25-10-12(2)7-14(11-25)24-18-15-5-6-21-19(15)22-9-16(18)20-23-8-13(3)27-20/h5-6,8-9,12,14H,4,7,10-11H2,1-3H3,(H2,21,22,24)/t12-,14+/m0/s1. The van der Waals surface area contributed by atoms with Crippen LogP contribution in [-0.2, 0) is 4.79 Å². The topological polar surface area (TPSA) is 73.9 Å². The van der Waals surface area contributed by atoms with Gasteiger partial charge in [-0.3, -0.25) is 4.79 Å². The number of aromatic nitrogens is 3. The lowest BCUT2D eigenvalue weighted by Crippen LogP contribution is -2.48. The molecule has 142 valence electrons. The Bertz CT molecular complexity index is 962. The monoisotopic (exact) mass is 383 g/mol. The molecule has 27 heavy (non-hydrogen) atoms. The largest absolute Gasteiger partial charge is 0.379 e. The molecule has 4 heterocycles. The fraction of sp³-hybridized carbons (Fsp3) is 0.450. The van der Waals surface area contributed by atoms with Gasteiger partial charge in [-0.05, 0) is 25.3 Å². The van der Waals surface area contributed by atoms with Gasteiger partial charge in [-0.25, -0.2) is 9.97 Å². The number of H-pyrrole nitrogens is 1. The third-order valence-corrected chi connectivity index (χ3v) is 6.05. The molecule has 1 aliphatic heterocycles. The van der Waals surface area contributed by atoms with Crippen molar-refractivity contribution in [2.24, 2.45) is 5.92 Å². The summed E-state index contributed by atoms with van der Waals surface area (Å²) in [4.78, 5) is 27.7. The van der Waals surface area contributed by atoms with E-state index in [1.54, 1.807) is 11.3 Å². The summed E-state index contributed by atoms with van der Waals surface area (Å²) in [6.45, 7) is 7.79. The second-order valence-electron chi connectivity index (χ2n) is 7.40. The number of piperidine rings is 1. The van der Waals surface area contributed by atoms with Crippen molar-refractivity contribution >= 4 is 34.0 Å². The number of thiazole rings is 1. The highest BCUT2D eigenvalue weighted by atomic mass is 32.1. The predicted octanol–water partition coefficient (Wildman–Crippen LogP) is 4.05. The zero-order valence-corrected chi connectivity index (χ0v) is 16.8. The molecular weight excluding hydrogens is 358 g/mol. The summed E-state index contributed by atoms with van der Waals surface area (Å²) in [7, 11) is 0. The van der Waals surface area contributed by atoms with Gasteiger partial charge in [-0.1, -0.05) is 13.8 Å². The van der Waals surface area contributed by atoms with Gasteiger partial charge in [0.05, 0.1) is 11.3 Å². The number of pyridine rings is 1. The highest BCUT2D eigenvalue weighted by molar-refractivity contribution is 7.15. The lowest BCUT2D eigenvalue weighted by Gasteiger charge is -2.37. The average molecular weight is 384 g/mol. The molecule has 0 bridgehead atoms. The molecular formula is C20H25N5OS. The summed E-state index contributed by atoms with van der Waals surface area (Å²) in [5.41, 5.74) is 2.94. The van der Waals surface area contributed by atoms with Crippen LogP contribution < -0.4 is 5.32 Å². The van der Waals surface area contributed by atoms with Crippen molar-refractivity contribution < 1.29 is 4.79 Å². The molecule has 1 fully saturated rings. The zero-order chi connectivity index (χ0) is 19.0. The minimum Gasteiger partial charge on any atom is -0.379 e. The van der Waals surface area contributed by atoms with Gasteiger partial charge in [0.2, 0.25) is 5.91 Å². The highest BCUT2D eigenvalue weighted by Gasteiger charge is 2.28. The van der Waals surface area contributed by atoms with E-state index in [-0.39, 0.29) is 11.9 Å². The first-order valence-corrected chi connectivity index (χ1v) is 10.3. The number of hydrogen-bond donors (Lipinski definition) is 2. The first kappa shape index (κ1) is 18.0. The SMILES string of the molecule is CCC(=O)N1C[C@@H](C)C[C@@H](Nc2c(-c3ncc(C)s3)cnc3[nH]ccc23)C1. The van der Waals surface area contributed by atoms with Gasteiger partial charge < -0.3 is 15.2 Å². The number of nitrogens with one attached hydrogen (secondary N) is 2. The van der Waals surface area contributed by atoms with Gasteiger partial charge in [0.1, 0.15) is 10.7 Å². The number of anilines is 1. The van der Waals surface area contributed by atoms with Crippen molar-refractivity contribution in [3.05, 3.63) is 29.5 Å². The van der Waals surface area contributed by atoms with E-state index in [4.69, 9.17) is 0 Å². The summed E-state index contributed by atoms with van der Waals surface area (Å²) in [6, 6.07) is 2.26. The molecule has 2 atom stereocenters. The van der Waals surface area contributed by atoms with Crippen LogP contribution in [0, 0.1) is 12.8 Å². The van der Waals surface area contributed by atoms with E-state index in [1.807, 2.05) is 30.4 Å². The summed E-state index contributed by atoms with van der Waals surface area (Å²) in [5, 5.41) is 5.77.